The third-order valence-electron chi connectivity index (χ3n) is 4.09. The van der Waals surface area contributed by atoms with Gasteiger partial charge in [0.15, 0.2) is 0 Å². The van der Waals surface area contributed by atoms with Crippen LogP contribution in [-0.4, -0.2) is 28.9 Å². The predicted octanol–water partition coefficient (Wildman–Crippen LogP) is 2.41. The Morgan fingerprint density at radius 2 is 2.12 bits per heavy atom. The second-order valence-electron chi connectivity index (χ2n) is 5.92. The van der Waals surface area contributed by atoms with Gasteiger partial charge in [-0.15, -0.1) is 0 Å². The van der Waals surface area contributed by atoms with Crippen molar-refractivity contribution in [3.8, 4) is 6.07 Å². The van der Waals surface area contributed by atoms with E-state index in [0.717, 1.165) is 5.39 Å². The highest BCUT2D eigenvalue weighted by Gasteiger charge is 2.46. The molecule has 0 aliphatic heterocycles. The maximum absolute atomic E-state index is 12.5. The number of fused-ring (bicyclic) bond motifs is 3. The molecule has 4 rings (SSSR count). The molecule has 0 unspecified atom stereocenters. The summed E-state index contributed by atoms with van der Waals surface area (Å²) in [5.74, 6) is 0.526. The smallest absolute Gasteiger partial charge is 0.242 e. The summed E-state index contributed by atoms with van der Waals surface area (Å²) in [4.78, 5) is 11.6. The van der Waals surface area contributed by atoms with E-state index in [1.54, 1.807) is 13.0 Å². The fraction of sp³-hybridized carbons (Fsp3) is 0.267. The largest absolute Gasteiger partial charge is 0.339 e. The van der Waals surface area contributed by atoms with Crippen molar-refractivity contribution in [3.63, 3.8) is 0 Å². The van der Waals surface area contributed by atoms with Gasteiger partial charge in [0.1, 0.15) is 22.2 Å². The zero-order valence-electron chi connectivity index (χ0n) is 12.6. The molecule has 1 aliphatic carbocycles. The standard InChI is InChI=1S/C15H12ClN5O2S/c1-8-18-13(16)12-10-3-2-9(6-11(10)20-14(12)19-8)24(22,23)21-15(7-17)4-5-15/h2-3,6,21H,4-5H2,1H3,(H,18,19,20). The monoisotopic (exact) mass is 361 g/mol. The number of rotatable bonds is 3. The molecule has 1 fully saturated rings. The summed E-state index contributed by atoms with van der Waals surface area (Å²) in [6.45, 7) is 1.73. The summed E-state index contributed by atoms with van der Waals surface area (Å²) in [7, 11) is -3.78. The molecular formula is C15H12ClN5O2S. The number of H-pyrrole nitrogens is 1. The molecule has 2 heterocycles. The van der Waals surface area contributed by atoms with Crippen LogP contribution in [0.1, 0.15) is 18.7 Å². The third kappa shape index (κ3) is 2.33. The van der Waals surface area contributed by atoms with E-state index in [4.69, 9.17) is 16.9 Å². The van der Waals surface area contributed by atoms with Crippen molar-refractivity contribution in [2.24, 2.45) is 0 Å². The summed E-state index contributed by atoms with van der Waals surface area (Å²) >= 11 is 6.19. The van der Waals surface area contributed by atoms with Crippen molar-refractivity contribution in [2.75, 3.05) is 0 Å². The van der Waals surface area contributed by atoms with Crippen molar-refractivity contribution in [1.29, 1.82) is 5.26 Å². The lowest BCUT2D eigenvalue weighted by Crippen LogP contribution is -2.35. The third-order valence-corrected chi connectivity index (χ3v) is 5.90. The molecule has 0 amide bonds. The first kappa shape index (κ1) is 15.3. The summed E-state index contributed by atoms with van der Waals surface area (Å²) in [5, 5.41) is 10.8. The highest BCUT2D eigenvalue weighted by Crippen LogP contribution is 2.36. The number of halogens is 1. The molecule has 9 heteroatoms. The quantitative estimate of drug-likeness (QED) is 0.696. The maximum Gasteiger partial charge on any atom is 0.242 e. The highest BCUT2D eigenvalue weighted by molar-refractivity contribution is 7.89. The average Bonchev–Trinajstić information content (AvgIpc) is 3.17. The lowest BCUT2D eigenvalue weighted by atomic mass is 10.2. The summed E-state index contributed by atoms with van der Waals surface area (Å²) in [6, 6.07) is 6.68. The lowest BCUT2D eigenvalue weighted by Gasteiger charge is -2.10. The number of hydrogen-bond acceptors (Lipinski definition) is 5. The zero-order chi connectivity index (χ0) is 17.1. The Morgan fingerprint density at radius 3 is 2.79 bits per heavy atom. The molecule has 0 atom stereocenters. The molecule has 122 valence electrons. The Labute approximate surface area is 142 Å². The molecule has 0 bridgehead atoms. The number of hydrogen-bond donors (Lipinski definition) is 2. The van der Waals surface area contributed by atoms with Crippen molar-refractivity contribution < 1.29 is 8.42 Å². The van der Waals surface area contributed by atoms with Gasteiger partial charge in [0.05, 0.1) is 16.4 Å². The highest BCUT2D eigenvalue weighted by atomic mass is 35.5. The van der Waals surface area contributed by atoms with Crippen molar-refractivity contribution in [1.82, 2.24) is 19.7 Å². The number of nitrogens with zero attached hydrogens (tertiary/aromatic N) is 3. The lowest BCUT2D eigenvalue weighted by molar-refractivity contribution is 0.571. The van der Waals surface area contributed by atoms with Gasteiger partial charge >= 0.3 is 0 Å². The van der Waals surface area contributed by atoms with Crippen LogP contribution in [0.2, 0.25) is 5.15 Å². The van der Waals surface area contributed by atoms with Crippen molar-refractivity contribution >= 4 is 43.6 Å². The summed E-state index contributed by atoms with van der Waals surface area (Å²) < 4.78 is 27.5. The van der Waals surface area contributed by atoms with Gasteiger partial charge < -0.3 is 4.98 Å². The van der Waals surface area contributed by atoms with E-state index in [1.807, 2.05) is 6.07 Å². The van der Waals surface area contributed by atoms with Crippen LogP contribution in [0.5, 0.6) is 0 Å². The van der Waals surface area contributed by atoms with Gasteiger partial charge in [0, 0.05) is 10.9 Å². The molecule has 24 heavy (non-hydrogen) atoms. The number of benzene rings is 1. The van der Waals surface area contributed by atoms with Crippen LogP contribution in [0.15, 0.2) is 23.1 Å². The van der Waals surface area contributed by atoms with E-state index in [-0.39, 0.29) is 4.90 Å². The Hall–Kier alpha value is -2.21. The van der Waals surface area contributed by atoms with Crippen LogP contribution >= 0.6 is 11.6 Å². The fourth-order valence-corrected chi connectivity index (χ4v) is 4.40. The molecule has 2 N–H and O–H groups in total. The molecule has 0 radical (unpaired) electrons. The fourth-order valence-electron chi connectivity index (χ4n) is 2.68. The molecule has 7 nitrogen and oxygen atoms in total. The van der Waals surface area contributed by atoms with E-state index in [2.05, 4.69) is 19.7 Å². The normalized spacial score (nSPS) is 16.4. The number of aromatic nitrogens is 3. The van der Waals surface area contributed by atoms with Gasteiger partial charge in [-0.3, -0.25) is 0 Å². The topological polar surface area (TPSA) is 112 Å². The van der Waals surface area contributed by atoms with E-state index in [9.17, 15) is 8.42 Å². The molecule has 1 aromatic carbocycles. The Kier molecular flexibility index (Phi) is 3.12. The number of nitriles is 1. The van der Waals surface area contributed by atoms with Gasteiger partial charge in [-0.1, -0.05) is 17.7 Å². The van der Waals surface area contributed by atoms with Crippen LogP contribution in [0.25, 0.3) is 21.9 Å². The summed E-state index contributed by atoms with van der Waals surface area (Å²) in [6.07, 6.45) is 1.06. The number of aromatic amines is 1. The van der Waals surface area contributed by atoms with Crippen LogP contribution in [0, 0.1) is 18.3 Å². The second kappa shape index (κ2) is 4.89. The SMILES string of the molecule is Cc1nc(Cl)c2c(n1)[nH]c1cc(S(=O)(=O)NC3(C#N)CC3)ccc12. The van der Waals surface area contributed by atoms with E-state index < -0.39 is 15.6 Å². The van der Waals surface area contributed by atoms with Crippen LogP contribution in [0.3, 0.4) is 0 Å². The number of nitrogens with one attached hydrogen (secondary N) is 2. The molecule has 0 spiro atoms. The maximum atomic E-state index is 12.5. The molecule has 0 saturated heterocycles. The van der Waals surface area contributed by atoms with E-state index >= 15 is 0 Å². The molecular weight excluding hydrogens is 350 g/mol. The minimum Gasteiger partial charge on any atom is -0.339 e. The molecule has 3 aromatic rings. The van der Waals surface area contributed by atoms with E-state index in [0.29, 0.717) is 40.4 Å². The predicted molar refractivity (Wildman–Crippen MR) is 89.0 cm³/mol. The molecule has 1 saturated carbocycles. The molecule has 2 aromatic heterocycles. The first-order valence-electron chi connectivity index (χ1n) is 7.24. The van der Waals surface area contributed by atoms with Crippen LogP contribution in [-0.2, 0) is 10.0 Å². The number of aryl methyl sites for hydroxylation is 1. The van der Waals surface area contributed by atoms with Gasteiger partial charge in [-0.25, -0.2) is 18.4 Å². The summed E-state index contributed by atoms with van der Waals surface area (Å²) in [5.41, 5.74) is 0.192. The number of sulfonamides is 1. The Morgan fingerprint density at radius 1 is 1.38 bits per heavy atom. The minimum absolute atomic E-state index is 0.0869. The van der Waals surface area contributed by atoms with Crippen LogP contribution in [0.4, 0.5) is 0 Å². The van der Waals surface area contributed by atoms with E-state index in [1.165, 1.54) is 12.1 Å². The Bertz CT molecular complexity index is 1140. The van der Waals surface area contributed by atoms with Gasteiger partial charge in [0.25, 0.3) is 0 Å². The van der Waals surface area contributed by atoms with Crippen LogP contribution < -0.4 is 4.72 Å². The van der Waals surface area contributed by atoms with Gasteiger partial charge in [-0.2, -0.15) is 9.98 Å². The average molecular weight is 362 g/mol. The van der Waals surface area contributed by atoms with Gasteiger partial charge in [0.2, 0.25) is 10.0 Å². The Balaban J connectivity index is 1.86. The first-order valence-corrected chi connectivity index (χ1v) is 9.10. The molecule has 1 aliphatic rings. The van der Waals surface area contributed by atoms with Gasteiger partial charge in [-0.05, 0) is 31.9 Å². The van der Waals surface area contributed by atoms with Crippen molar-refractivity contribution in [3.05, 3.63) is 29.2 Å². The zero-order valence-corrected chi connectivity index (χ0v) is 14.2. The second-order valence-corrected chi connectivity index (χ2v) is 7.96. The minimum atomic E-state index is -3.78. The van der Waals surface area contributed by atoms with Crippen molar-refractivity contribution in [2.45, 2.75) is 30.2 Å². The first-order chi connectivity index (χ1) is 11.3.